The molecule has 0 heterocycles. The first-order valence-electron chi connectivity index (χ1n) is 6.11. The number of hydrogen-bond donors (Lipinski definition) is 3. The van der Waals surface area contributed by atoms with E-state index in [1.54, 1.807) is 51.1 Å². The largest absolute Gasteiger partial charge is 0.479 e. The molecule has 0 aliphatic rings. The highest BCUT2D eigenvalue weighted by atomic mass is 16.6. The van der Waals surface area contributed by atoms with Crippen LogP contribution in [-0.2, 0) is 20.1 Å². The first-order chi connectivity index (χ1) is 9.23. The van der Waals surface area contributed by atoms with E-state index in [2.05, 4.69) is 5.32 Å². The molecule has 0 aliphatic carbocycles. The van der Waals surface area contributed by atoms with Crippen LogP contribution in [0, 0.1) is 0 Å². The number of aliphatic hydroxyl groups is 1. The minimum atomic E-state index is -1.95. The van der Waals surface area contributed by atoms with Crippen LogP contribution < -0.4 is 5.32 Å². The van der Waals surface area contributed by atoms with Gasteiger partial charge in [0.05, 0.1) is 5.60 Å². The van der Waals surface area contributed by atoms with Crippen molar-refractivity contribution < 1.29 is 24.5 Å². The second-order valence-electron chi connectivity index (χ2n) is 5.32. The van der Waals surface area contributed by atoms with E-state index in [1.165, 1.54) is 0 Å². The summed E-state index contributed by atoms with van der Waals surface area (Å²) in [5.74, 6) is -1.49. The summed E-state index contributed by atoms with van der Waals surface area (Å²) in [5, 5.41) is 21.5. The van der Waals surface area contributed by atoms with Gasteiger partial charge in [-0.1, -0.05) is 30.3 Å². The van der Waals surface area contributed by atoms with E-state index in [0.717, 1.165) is 0 Å². The zero-order valence-corrected chi connectivity index (χ0v) is 11.7. The third kappa shape index (κ3) is 3.55. The zero-order chi connectivity index (χ0) is 15.4. The van der Waals surface area contributed by atoms with Gasteiger partial charge in [-0.2, -0.15) is 0 Å². The molecule has 6 nitrogen and oxygen atoms in total. The molecule has 3 N–H and O–H groups in total. The standard InChI is InChI=1S/C14H19NO5/c1-13(2,3)20-14(15-9-16,11(17)12(18)19)10-7-5-4-6-8-10/h4-9,11,17H,1-3H3,(H,15,16)(H,18,19). The van der Waals surface area contributed by atoms with Gasteiger partial charge in [0.2, 0.25) is 18.2 Å². The van der Waals surface area contributed by atoms with Crippen molar-refractivity contribution in [2.75, 3.05) is 0 Å². The summed E-state index contributed by atoms with van der Waals surface area (Å²) in [4.78, 5) is 22.1. The molecule has 20 heavy (non-hydrogen) atoms. The average molecular weight is 281 g/mol. The monoisotopic (exact) mass is 281 g/mol. The molecule has 0 bridgehead atoms. The minimum Gasteiger partial charge on any atom is -0.479 e. The number of benzene rings is 1. The van der Waals surface area contributed by atoms with Gasteiger partial charge in [0.25, 0.3) is 0 Å². The number of carbonyl (C=O) groups excluding carboxylic acids is 1. The van der Waals surface area contributed by atoms with E-state index in [4.69, 9.17) is 9.84 Å². The Bertz CT molecular complexity index is 468. The Morgan fingerprint density at radius 3 is 2.25 bits per heavy atom. The fourth-order valence-corrected chi connectivity index (χ4v) is 1.89. The summed E-state index contributed by atoms with van der Waals surface area (Å²) in [6, 6.07) is 8.22. The van der Waals surface area contributed by atoms with Crippen LogP contribution in [0.3, 0.4) is 0 Å². The average Bonchev–Trinajstić information content (AvgIpc) is 2.36. The van der Waals surface area contributed by atoms with Gasteiger partial charge in [-0.05, 0) is 20.8 Å². The highest BCUT2D eigenvalue weighted by molar-refractivity contribution is 5.75. The number of carboxylic acids is 1. The van der Waals surface area contributed by atoms with Gasteiger partial charge in [-0.15, -0.1) is 0 Å². The lowest BCUT2D eigenvalue weighted by atomic mass is 9.95. The number of aliphatic carboxylic acids is 1. The summed E-state index contributed by atoms with van der Waals surface area (Å²) in [6.45, 7) is 5.10. The Hall–Kier alpha value is -1.92. The molecule has 0 saturated heterocycles. The number of hydrogen-bond acceptors (Lipinski definition) is 4. The molecule has 0 aliphatic heterocycles. The molecule has 0 aromatic heterocycles. The molecule has 2 unspecified atom stereocenters. The molecule has 1 aromatic carbocycles. The van der Waals surface area contributed by atoms with E-state index < -0.39 is 23.4 Å². The first-order valence-corrected chi connectivity index (χ1v) is 6.11. The Morgan fingerprint density at radius 2 is 1.85 bits per heavy atom. The maximum absolute atomic E-state index is 11.2. The van der Waals surface area contributed by atoms with Gasteiger partial charge in [0.1, 0.15) is 0 Å². The molecule has 0 saturated carbocycles. The number of carbonyl (C=O) groups is 2. The molecule has 0 radical (unpaired) electrons. The van der Waals surface area contributed by atoms with Gasteiger partial charge >= 0.3 is 5.97 Å². The summed E-state index contributed by atoms with van der Waals surface area (Å²) in [5.41, 5.74) is -2.30. The Labute approximate surface area is 117 Å². The number of rotatable bonds is 6. The lowest BCUT2D eigenvalue weighted by Crippen LogP contribution is -2.59. The second kappa shape index (κ2) is 6.02. The van der Waals surface area contributed by atoms with E-state index in [9.17, 15) is 14.7 Å². The van der Waals surface area contributed by atoms with Gasteiger partial charge in [-0.3, -0.25) is 4.79 Å². The number of aliphatic hydroxyl groups excluding tert-OH is 1. The maximum Gasteiger partial charge on any atom is 0.338 e. The molecule has 1 aromatic rings. The van der Waals surface area contributed by atoms with Gasteiger partial charge in [-0.25, -0.2) is 4.79 Å². The van der Waals surface area contributed by atoms with Crippen molar-refractivity contribution in [2.24, 2.45) is 0 Å². The Morgan fingerprint density at radius 1 is 1.30 bits per heavy atom. The highest BCUT2D eigenvalue weighted by Crippen LogP contribution is 2.31. The summed E-state index contributed by atoms with van der Waals surface area (Å²) < 4.78 is 5.70. The molecule has 2 atom stereocenters. The van der Waals surface area contributed by atoms with Crippen LogP contribution in [0.25, 0.3) is 0 Å². The van der Waals surface area contributed by atoms with E-state index in [-0.39, 0.29) is 0 Å². The minimum absolute atomic E-state index is 0.310. The van der Waals surface area contributed by atoms with Crippen LogP contribution >= 0.6 is 0 Å². The number of ether oxygens (including phenoxy) is 1. The Kier molecular flexibility index (Phi) is 4.86. The van der Waals surface area contributed by atoms with Crippen LogP contribution in [0.15, 0.2) is 30.3 Å². The molecule has 6 heteroatoms. The summed E-state index contributed by atoms with van der Waals surface area (Å²) in [7, 11) is 0. The summed E-state index contributed by atoms with van der Waals surface area (Å²) >= 11 is 0. The Balaban J connectivity index is 3.41. The zero-order valence-electron chi connectivity index (χ0n) is 11.7. The second-order valence-corrected chi connectivity index (χ2v) is 5.32. The molecular weight excluding hydrogens is 262 g/mol. The fraction of sp³-hybridized carbons (Fsp3) is 0.429. The molecular formula is C14H19NO5. The lowest BCUT2D eigenvalue weighted by molar-refractivity contribution is -0.214. The molecule has 1 amide bonds. The quantitative estimate of drug-likeness (QED) is 0.530. The normalized spacial score (nSPS) is 16.0. The van der Waals surface area contributed by atoms with Crippen molar-refractivity contribution in [2.45, 2.75) is 38.2 Å². The number of carboxylic acid groups (broad SMARTS) is 1. The third-order valence-corrected chi connectivity index (χ3v) is 2.56. The van der Waals surface area contributed by atoms with Crippen molar-refractivity contribution in [3.05, 3.63) is 35.9 Å². The highest BCUT2D eigenvalue weighted by Gasteiger charge is 2.47. The van der Waals surface area contributed by atoms with Crippen LogP contribution in [0.4, 0.5) is 0 Å². The van der Waals surface area contributed by atoms with Gasteiger partial charge in [0, 0.05) is 5.56 Å². The van der Waals surface area contributed by atoms with Crippen molar-refractivity contribution >= 4 is 12.4 Å². The van der Waals surface area contributed by atoms with Crippen molar-refractivity contribution in [3.63, 3.8) is 0 Å². The SMILES string of the molecule is CC(C)(C)OC(NC=O)(c1ccccc1)C(O)C(=O)O. The predicted molar refractivity (Wildman–Crippen MR) is 71.8 cm³/mol. The molecule has 1 rings (SSSR count). The third-order valence-electron chi connectivity index (χ3n) is 2.56. The van der Waals surface area contributed by atoms with E-state index >= 15 is 0 Å². The maximum atomic E-state index is 11.2. The smallest absolute Gasteiger partial charge is 0.338 e. The molecule has 0 fully saturated rings. The number of nitrogens with one attached hydrogen (secondary N) is 1. The predicted octanol–water partition coefficient (Wildman–Crippen LogP) is 0.846. The summed E-state index contributed by atoms with van der Waals surface area (Å²) in [6.07, 6.45) is -1.64. The lowest BCUT2D eigenvalue weighted by Gasteiger charge is -2.40. The van der Waals surface area contributed by atoms with E-state index in [1.807, 2.05) is 0 Å². The fourth-order valence-electron chi connectivity index (χ4n) is 1.89. The first kappa shape index (κ1) is 16.1. The number of amides is 1. The van der Waals surface area contributed by atoms with Crippen molar-refractivity contribution in [3.8, 4) is 0 Å². The van der Waals surface area contributed by atoms with Crippen LogP contribution in [-0.4, -0.2) is 34.3 Å². The molecule has 0 spiro atoms. The van der Waals surface area contributed by atoms with Crippen LogP contribution in [0.1, 0.15) is 26.3 Å². The van der Waals surface area contributed by atoms with Gasteiger partial charge in [0.15, 0.2) is 0 Å². The van der Waals surface area contributed by atoms with Gasteiger partial charge < -0.3 is 20.3 Å². The molecule has 110 valence electrons. The van der Waals surface area contributed by atoms with E-state index in [0.29, 0.717) is 12.0 Å². The van der Waals surface area contributed by atoms with Crippen LogP contribution in [0.2, 0.25) is 0 Å². The van der Waals surface area contributed by atoms with Crippen LogP contribution in [0.5, 0.6) is 0 Å². The van der Waals surface area contributed by atoms with Crippen molar-refractivity contribution in [1.29, 1.82) is 0 Å². The van der Waals surface area contributed by atoms with Crippen molar-refractivity contribution in [1.82, 2.24) is 5.32 Å². The topological polar surface area (TPSA) is 95.9 Å².